The molecule has 1 heterocycles. The molecule has 0 aliphatic carbocycles. The van der Waals surface area contributed by atoms with E-state index in [4.69, 9.17) is 4.74 Å². The third-order valence-corrected chi connectivity index (χ3v) is 6.06. The molecule has 29 heavy (non-hydrogen) atoms. The molecule has 0 bridgehead atoms. The first-order valence-electron chi connectivity index (χ1n) is 11.4. The summed E-state index contributed by atoms with van der Waals surface area (Å²) in [7, 11) is 0. The maximum Gasteiger partial charge on any atom is 0.187 e. The predicted molar refractivity (Wildman–Crippen MR) is 126 cm³/mol. The highest BCUT2D eigenvalue weighted by Crippen LogP contribution is 2.24. The molecule has 160 valence electrons. The van der Waals surface area contributed by atoms with Crippen LogP contribution in [0.15, 0.2) is 41.8 Å². The van der Waals surface area contributed by atoms with Gasteiger partial charge >= 0.3 is 0 Å². The van der Waals surface area contributed by atoms with Crippen molar-refractivity contribution in [2.45, 2.75) is 96.2 Å². The predicted octanol–water partition coefficient (Wildman–Crippen LogP) is 7.94. The van der Waals surface area contributed by atoms with Crippen molar-refractivity contribution in [1.82, 2.24) is 9.97 Å². The fourth-order valence-corrected chi connectivity index (χ4v) is 4.07. The van der Waals surface area contributed by atoms with Gasteiger partial charge in [0.15, 0.2) is 5.16 Å². The molecular formula is C25H38N2OS. The van der Waals surface area contributed by atoms with Gasteiger partial charge in [0.1, 0.15) is 5.75 Å². The van der Waals surface area contributed by atoms with E-state index in [0.717, 1.165) is 34.2 Å². The van der Waals surface area contributed by atoms with Crippen molar-refractivity contribution in [2.75, 3.05) is 5.75 Å². The molecule has 2 rings (SSSR count). The van der Waals surface area contributed by atoms with Gasteiger partial charge in [0, 0.05) is 23.7 Å². The van der Waals surface area contributed by atoms with Crippen molar-refractivity contribution >= 4 is 11.8 Å². The SMILES string of the molecule is CCCCCCCCSc1ncc(-c2ccc(OC(C)CCCCC)cc2)cn1. The quantitative estimate of drug-likeness (QED) is 0.168. The summed E-state index contributed by atoms with van der Waals surface area (Å²) in [6.45, 7) is 6.64. The topological polar surface area (TPSA) is 35.0 Å². The molecule has 1 atom stereocenters. The second-order valence-electron chi connectivity index (χ2n) is 7.82. The van der Waals surface area contributed by atoms with Crippen molar-refractivity contribution in [3.63, 3.8) is 0 Å². The van der Waals surface area contributed by atoms with Gasteiger partial charge in [-0.25, -0.2) is 9.97 Å². The number of hydrogen-bond acceptors (Lipinski definition) is 4. The number of ether oxygens (including phenoxy) is 1. The number of unbranched alkanes of at least 4 members (excludes halogenated alkanes) is 7. The Labute approximate surface area is 182 Å². The molecule has 3 nitrogen and oxygen atoms in total. The number of nitrogens with zero attached hydrogens (tertiary/aromatic N) is 2. The second-order valence-corrected chi connectivity index (χ2v) is 8.88. The van der Waals surface area contributed by atoms with Crippen LogP contribution in [-0.2, 0) is 0 Å². The Morgan fingerprint density at radius 1 is 0.793 bits per heavy atom. The molecule has 4 heteroatoms. The third-order valence-electron chi connectivity index (χ3n) is 5.10. The summed E-state index contributed by atoms with van der Waals surface area (Å²) in [6, 6.07) is 8.28. The average Bonchev–Trinajstić information content (AvgIpc) is 2.74. The van der Waals surface area contributed by atoms with E-state index in [1.807, 2.05) is 24.5 Å². The standard InChI is InChI=1S/C25H38N2OS/c1-4-6-8-9-10-12-18-29-25-26-19-23(20-27-25)22-14-16-24(17-15-22)28-21(3)13-11-7-5-2/h14-17,19-21H,4-13,18H2,1-3H3. The molecule has 0 saturated carbocycles. The Morgan fingerprint density at radius 2 is 1.41 bits per heavy atom. The molecule has 1 aromatic heterocycles. The van der Waals surface area contributed by atoms with Gasteiger partial charge in [-0.3, -0.25) is 0 Å². The Bertz CT molecular complexity index is 658. The lowest BCUT2D eigenvalue weighted by molar-refractivity contribution is 0.206. The van der Waals surface area contributed by atoms with Crippen LogP contribution in [0.5, 0.6) is 5.75 Å². The van der Waals surface area contributed by atoms with Crippen molar-refractivity contribution in [1.29, 1.82) is 0 Å². The van der Waals surface area contributed by atoms with Crippen LogP contribution in [0.3, 0.4) is 0 Å². The molecule has 0 aliphatic rings. The summed E-state index contributed by atoms with van der Waals surface area (Å²) in [4.78, 5) is 9.07. The fourth-order valence-electron chi connectivity index (χ4n) is 3.28. The van der Waals surface area contributed by atoms with Crippen LogP contribution in [0.25, 0.3) is 11.1 Å². The van der Waals surface area contributed by atoms with E-state index in [2.05, 4.69) is 42.9 Å². The summed E-state index contributed by atoms with van der Waals surface area (Å²) < 4.78 is 6.02. The highest BCUT2D eigenvalue weighted by Gasteiger charge is 2.06. The van der Waals surface area contributed by atoms with E-state index in [1.165, 1.54) is 57.8 Å². The van der Waals surface area contributed by atoms with E-state index < -0.39 is 0 Å². The first-order chi connectivity index (χ1) is 14.2. The number of aromatic nitrogens is 2. The lowest BCUT2D eigenvalue weighted by Crippen LogP contribution is -2.11. The van der Waals surface area contributed by atoms with Crippen molar-refractivity contribution < 1.29 is 4.74 Å². The van der Waals surface area contributed by atoms with E-state index in [9.17, 15) is 0 Å². The average molecular weight is 415 g/mol. The molecule has 0 radical (unpaired) electrons. The Hall–Kier alpha value is -1.55. The van der Waals surface area contributed by atoms with Crippen LogP contribution >= 0.6 is 11.8 Å². The van der Waals surface area contributed by atoms with Gasteiger partial charge in [0.25, 0.3) is 0 Å². The van der Waals surface area contributed by atoms with Crippen molar-refractivity contribution in [3.8, 4) is 16.9 Å². The highest BCUT2D eigenvalue weighted by molar-refractivity contribution is 7.99. The van der Waals surface area contributed by atoms with Crippen LogP contribution in [0.4, 0.5) is 0 Å². The lowest BCUT2D eigenvalue weighted by atomic mass is 10.1. The van der Waals surface area contributed by atoms with Gasteiger partial charge in [-0.1, -0.05) is 82.7 Å². The number of thioether (sulfide) groups is 1. The van der Waals surface area contributed by atoms with Gasteiger partial charge in [0.2, 0.25) is 0 Å². The first-order valence-corrected chi connectivity index (χ1v) is 12.4. The summed E-state index contributed by atoms with van der Waals surface area (Å²) in [5.74, 6) is 2.04. The zero-order chi connectivity index (χ0) is 20.7. The number of hydrogen-bond donors (Lipinski definition) is 0. The molecule has 0 spiro atoms. The molecule has 1 unspecified atom stereocenters. The monoisotopic (exact) mass is 414 g/mol. The highest BCUT2D eigenvalue weighted by atomic mass is 32.2. The van der Waals surface area contributed by atoms with Crippen LogP contribution in [-0.4, -0.2) is 21.8 Å². The molecule has 0 fully saturated rings. The Morgan fingerprint density at radius 3 is 2.10 bits per heavy atom. The molecule has 2 aromatic rings. The summed E-state index contributed by atoms with van der Waals surface area (Å²) >= 11 is 1.76. The van der Waals surface area contributed by atoms with E-state index >= 15 is 0 Å². The van der Waals surface area contributed by atoms with Crippen LogP contribution in [0.1, 0.15) is 85.0 Å². The Kier molecular flexibility index (Phi) is 11.8. The largest absolute Gasteiger partial charge is 0.491 e. The maximum absolute atomic E-state index is 6.02. The van der Waals surface area contributed by atoms with Crippen LogP contribution in [0.2, 0.25) is 0 Å². The van der Waals surface area contributed by atoms with E-state index in [-0.39, 0.29) is 6.10 Å². The summed E-state index contributed by atoms with van der Waals surface area (Å²) in [6.07, 6.45) is 17.0. The van der Waals surface area contributed by atoms with E-state index in [0.29, 0.717) is 0 Å². The smallest absolute Gasteiger partial charge is 0.187 e. The first kappa shape index (κ1) is 23.7. The molecular weight excluding hydrogens is 376 g/mol. The van der Waals surface area contributed by atoms with Crippen LogP contribution in [0, 0.1) is 0 Å². The number of benzene rings is 1. The summed E-state index contributed by atoms with van der Waals surface area (Å²) in [5, 5.41) is 0.878. The summed E-state index contributed by atoms with van der Waals surface area (Å²) in [5.41, 5.74) is 2.18. The van der Waals surface area contributed by atoms with Crippen LogP contribution < -0.4 is 4.74 Å². The van der Waals surface area contributed by atoms with Gasteiger partial charge in [-0.2, -0.15) is 0 Å². The lowest BCUT2D eigenvalue weighted by Gasteiger charge is -2.14. The second kappa shape index (κ2) is 14.4. The van der Waals surface area contributed by atoms with Crippen molar-refractivity contribution in [3.05, 3.63) is 36.7 Å². The normalized spacial score (nSPS) is 12.1. The molecule has 0 aliphatic heterocycles. The van der Waals surface area contributed by atoms with Gasteiger partial charge in [-0.05, 0) is 43.9 Å². The molecule has 0 amide bonds. The minimum atomic E-state index is 0.263. The minimum Gasteiger partial charge on any atom is -0.491 e. The molecule has 1 aromatic carbocycles. The maximum atomic E-state index is 6.02. The number of rotatable bonds is 15. The zero-order valence-corrected chi connectivity index (χ0v) is 19.3. The van der Waals surface area contributed by atoms with E-state index in [1.54, 1.807) is 11.8 Å². The zero-order valence-electron chi connectivity index (χ0n) is 18.5. The minimum absolute atomic E-state index is 0.263. The van der Waals surface area contributed by atoms with Crippen molar-refractivity contribution in [2.24, 2.45) is 0 Å². The van der Waals surface area contributed by atoms with Gasteiger partial charge < -0.3 is 4.74 Å². The molecule has 0 N–H and O–H groups in total. The molecule has 0 saturated heterocycles. The van der Waals surface area contributed by atoms with Gasteiger partial charge in [0.05, 0.1) is 6.10 Å². The third kappa shape index (κ3) is 9.66. The Balaban J connectivity index is 1.74. The fraction of sp³-hybridized carbons (Fsp3) is 0.600. The van der Waals surface area contributed by atoms with Gasteiger partial charge in [-0.15, -0.1) is 0 Å².